The molecule has 1 aliphatic rings. The zero-order chi connectivity index (χ0) is 17.8. The van der Waals surface area contributed by atoms with Crippen LogP contribution in [0.4, 0.5) is 4.39 Å². The third kappa shape index (κ3) is 4.45. The van der Waals surface area contributed by atoms with Crippen molar-refractivity contribution in [2.45, 2.75) is 18.9 Å². The lowest BCUT2D eigenvalue weighted by atomic mass is 10.0. The summed E-state index contributed by atoms with van der Waals surface area (Å²) in [5, 5.41) is 3.02. The summed E-state index contributed by atoms with van der Waals surface area (Å²) >= 11 is 3.35. The van der Waals surface area contributed by atoms with Gasteiger partial charge in [-0.2, -0.15) is 0 Å². The fourth-order valence-corrected chi connectivity index (χ4v) is 3.14. The molecule has 0 radical (unpaired) electrons. The Morgan fingerprint density at radius 3 is 2.12 bits per heavy atom. The SMILES string of the molecule is O=C(NC1CCN(C(=O)c2ccc(F)cc2)CC1)c1ccc(Br)cc1. The standard InChI is InChI=1S/C19H18BrFN2O2/c20-15-5-1-13(2-6-15)18(24)22-17-9-11-23(12-10-17)19(25)14-3-7-16(21)8-4-14/h1-8,17H,9-12H2,(H,22,24). The highest BCUT2D eigenvalue weighted by atomic mass is 79.9. The number of hydrogen-bond acceptors (Lipinski definition) is 2. The summed E-state index contributed by atoms with van der Waals surface area (Å²) in [6.07, 6.45) is 1.41. The molecule has 4 nitrogen and oxygen atoms in total. The zero-order valence-corrected chi connectivity index (χ0v) is 15.1. The number of halogens is 2. The molecule has 0 unspecified atom stereocenters. The Labute approximate surface area is 154 Å². The maximum absolute atomic E-state index is 13.0. The molecule has 2 amide bonds. The third-order valence-corrected chi connectivity index (χ3v) is 4.84. The van der Waals surface area contributed by atoms with Crippen LogP contribution in [0.25, 0.3) is 0 Å². The quantitative estimate of drug-likeness (QED) is 0.848. The van der Waals surface area contributed by atoms with Crippen LogP contribution in [0.3, 0.4) is 0 Å². The van der Waals surface area contributed by atoms with Crippen molar-refractivity contribution >= 4 is 27.7 Å². The molecule has 0 aliphatic carbocycles. The van der Waals surface area contributed by atoms with Crippen LogP contribution < -0.4 is 5.32 Å². The van der Waals surface area contributed by atoms with Crippen LogP contribution in [0.15, 0.2) is 53.0 Å². The largest absolute Gasteiger partial charge is 0.349 e. The molecule has 1 aliphatic heterocycles. The van der Waals surface area contributed by atoms with E-state index in [1.165, 1.54) is 24.3 Å². The van der Waals surface area contributed by atoms with Gasteiger partial charge in [-0.25, -0.2) is 4.39 Å². The third-order valence-electron chi connectivity index (χ3n) is 4.31. The first-order chi connectivity index (χ1) is 12.0. The molecule has 1 N–H and O–H groups in total. The van der Waals surface area contributed by atoms with Crippen LogP contribution in [-0.4, -0.2) is 35.8 Å². The van der Waals surface area contributed by atoms with Crippen LogP contribution >= 0.6 is 15.9 Å². The zero-order valence-electron chi connectivity index (χ0n) is 13.5. The predicted molar refractivity (Wildman–Crippen MR) is 96.9 cm³/mol. The number of carbonyl (C=O) groups is 2. The summed E-state index contributed by atoms with van der Waals surface area (Å²) < 4.78 is 13.9. The first kappa shape index (κ1) is 17.6. The lowest BCUT2D eigenvalue weighted by Crippen LogP contribution is -2.46. The van der Waals surface area contributed by atoms with Gasteiger partial charge in [0.1, 0.15) is 5.82 Å². The molecule has 2 aromatic rings. The lowest BCUT2D eigenvalue weighted by molar-refractivity contribution is 0.0698. The highest BCUT2D eigenvalue weighted by molar-refractivity contribution is 9.10. The minimum atomic E-state index is -0.356. The van der Waals surface area contributed by atoms with Crippen molar-refractivity contribution in [3.8, 4) is 0 Å². The Morgan fingerprint density at radius 1 is 0.960 bits per heavy atom. The van der Waals surface area contributed by atoms with Crippen molar-refractivity contribution in [2.75, 3.05) is 13.1 Å². The average molecular weight is 405 g/mol. The lowest BCUT2D eigenvalue weighted by Gasteiger charge is -2.32. The molecule has 6 heteroatoms. The van der Waals surface area contributed by atoms with Gasteiger partial charge < -0.3 is 10.2 Å². The van der Waals surface area contributed by atoms with E-state index in [1.807, 2.05) is 12.1 Å². The van der Waals surface area contributed by atoms with E-state index in [2.05, 4.69) is 21.2 Å². The highest BCUT2D eigenvalue weighted by Crippen LogP contribution is 2.16. The van der Waals surface area contributed by atoms with Gasteiger partial charge in [-0.1, -0.05) is 15.9 Å². The molecule has 130 valence electrons. The summed E-state index contributed by atoms with van der Waals surface area (Å²) in [7, 11) is 0. The van der Waals surface area contributed by atoms with Gasteiger partial charge in [-0.3, -0.25) is 9.59 Å². The van der Waals surface area contributed by atoms with Crippen molar-refractivity contribution in [3.05, 3.63) is 69.9 Å². The second-order valence-corrected chi connectivity index (χ2v) is 6.97. The molecule has 0 atom stereocenters. The number of amides is 2. The first-order valence-electron chi connectivity index (χ1n) is 8.14. The summed E-state index contributed by atoms with van der Waals surface area (Å²) in [5.41, 5.74) is 1.10. The number of carbonyl (C=O) groups excluding carboxylic acids is 2. The summed E-state index contributed by atoms with van der Waals surface area (Å²) in [6.45, 7) is 1.14. The van der Waals surface area contributed by atoms with E-state index in [1.54, 1.807) is 17.0 Å². The molecule has 0 spiro atoms. The molecule has 0 aromatic heterocycles. The first-order valence-corrected chi connectivity index (χ1v) is 8.93. The molecule has 25 heavy (non-hydrogen) atoms. The maximum atomic E-state index is 13.0. The van der Waals surface area contributed by atoms with Crippen molar-refractivity contribution in [2.24, 2.45) is 0 Å². The van der Waals surface area contributed by atoms with Gasteiger partial charge in [0.05, 0.1) is 0 Å². The van der Waals surface area contributed by atoms with E-state index in [0.29, 0.717) is 37.1 Å². The van der Waals surface area contributed by atoms with Crippen molar-refractivity contribution < 1.29 is 14.0 Å². The molecular formula is C19H18BrFN2O2. The molecule has 1 saturated heterocycles. The molecule has 0 bridgehead atoms. The maximum Gasteiger partial charge on any atom is 0.253 e. The van der Waals surface area contributed by atoms with Crippen LogP contribution in [0, 0.1) is 5.82 Å². The van der Waals surface area contributed by atoms with E-state index >= 15 is 0 Å². The minimum Gasteiger partial charge on any atom is -0.349 e. The Morgan fingerprint density at radius 2 is 1.52 bits per heavy atom. The molecule has 1 heterocycles. The average Bonchev–Trinajstić information content (AvgIpc) is 2.63. The number of piperidine rings is 1. The second-order valence-electron chi connectivity index (χ2n) is 6.05. The summed E-state index contributed by atoms with van der Waals surface area (Å²) in [5.74, 6) is -0.556. The van der Waals surface area contributed by atoms with Gasteiger partial charge in [0.2, 0.25) is 0 Å². The number of benzene rings is 2. The Hall–Kier alpha value is -2.21. The van der Waals surface area contributed by atoms with Gasteiger partial charge >= 0.3 is 0 Å². The number of hydrogen-bond donors (Lipinski definition) is 1. The Kier molecular flexibility index (Phi) is 5.48. The summed E-state index contributed by atoms with van der Waals surface area (Å²) in [6, 6.07) is 12.8. The summed E-state index contributed by atoms with van der Waals surface area (Å²) in [4.78, 5) is 26.4. The molecule has 3 rings (SSSR count). The number of nitrogens with zero attached hydrogens (tertiary/aromatic N) is 1. The van der Waals surface area contributed by atoms with Gasteiger partial charge in [-0.05, 0) is 61.4 Å². The van der Waals surface area contributed by atoms with Gasteiger partial charge in [0, 0.05) is 34.7 Å². The molecule has 2 aromatic carbocycles. The van der Waals surface area contributed by atoms with Crippen molar-refractivity contribution in [1.29, 1.82) is 0 Å². The van der Waals surface area contributed by atoms with Crippen LogP contribution in [0.1, 0.15) is 33.6 Å². The van der Waals surface area contributed by atoms with Crippen LogP contribution in [0.5, 0.6) is 0 Å². The van der Waals surface area contributed by atoms with Gasteiger partial charge in [-0.15, -0.1) is 0 Å². The van der Waals surface area contributed by atoms with E-state index < -0.39 is 0 Å². The fourth-order valence-electron chi connectivity index (χ4n) is 2.87. The highest BCUT2D eigenvalue weighted by Gasteiger charge is 2.24. The molecule has 1 fully saturated rings. The monoisotopic (exact) mass is 404 g/mol. The smallest absolute Gasteiger partial charge is 0.253 e. The van der Waals surface area contributed by atoms with Gasteiger partial charge in [0.25, 0.3) is 11.8 Å². The predicted octanol–water partition coefficient (Wildman–Crippen LogP) is 3.62. The van der Waals surface area contributed by atoms with E-state index in [9.17, 15) is 14.0 Å². The Bertz CT molecular complexity index is 754. The number of nitrogens with one attached hydrogen (secondary N) is 1. The van der Waals surface area contributed by atoms with E-state index in [-0.39, 0.29) is 23.7 Å². The van der Waals surface area contributed by atoms with Gasteiger partial charge in [0.15, 0.2) is 0 Å². The van der Waals surface area contributed by atoms with E-state index in [0.717, 1.165) is 4.47 Å². The number of likely N-dealkylation sites (tertiary alicyclic amines) is 1. The second kappa shape index (κ2) is 7.78. The number of rotatable bonds is 3. The van der Waals surface area contributed by atoms with Crippen molar-refractivity contribution in [1.82, 2.24) is 10.2 Å². The topological polar surface area (TPSA) is 49.4 Å². The molecule has 0 saturated carbocycles. The normalized spacial score (nSPS) is 15.0. The molecular weight excluding hydrogens is 387 g/mol. The van der Waals surface area contributed by atoms with Crippen LogP contribution in [-0.2, 0) is 0 Å². The minimum absolute atomic E-state index is 0.0495. The van der Waals surface area contributed by atoms with Crippen LogP contribution in [0.2, 0.25) is 0 Å². The fraction of sp³-hybridized carbons (Fsp3) is 0.263. The van der Waals surface area contributed by atoms with E-state index in [4.69, 9.17) is 0 Å². The van der Waals surface area contributed by atoms with Crippen molar-refractivity contribution in [3.63, 3.8) is 0 Å². The Balaban J connectivity index is 1.53.